The van der Waals surface area contributed by atoms with Crippen molar-refractivity contribution in [1.82, 2.24) is 0 Å². The van der Waals surface area contributed by atoms with Crippen molar-refractivity contribution in [3.8, 4) is 0 Å². The molecule has 0 saturated heterocycles. The van der Waals surface area contributed by atoms with Crippen molar-refractivity contribution in [3.05, 3.63) is 28.8 Å². The Hall–Kier alpha value is -1.30. The summed E-state index contributed by atoms with van der Waals surface area (Å²) in [5, 5.41) is 8.15. The molecular formula is C13H20ClN3O2. The number of ether oxygens (including phenoxy) is 2. The average molecular weight is 286 g/mol. The molecule has 1 aromatic rings. The molecule has 19 heavy (non-hydrogen) atoms. The van der Waals surface area contributed by atoms with Gasteiger partial charge in [-0.25, -0.2) is 0 Å². The largest absolute Gasteiger partial charge is 0.384 e. The smallest absolute Gasteiger partial charge is 0.126 e. The molecule has 0 bridgehead atoms. The second-order valence-electron chi connectivity index (χ2n) is 4.02. The van der Waals surface area contributed by atoms with Gasteiger partial charge >= 0.3 is 0 Å². The Bertz CT molecular complexity index is 418. The number of benzene rings is 1. The highest BCUT2D eigenvalue weighted by Gasteiger charge is 2.15. The molecule has 0 heterocycles. The zero-order valence-electron chi connectivity index (χ0n) is 11.3. The highest BCUT2D eigenvalue weighted by atomic mass is 35.5. The molecule has 0 saturated carbocycles. The van der Waals surface area contributed by atoms with Crippen LogP contribution in [-0.4, -0.2) is 46.4 Å². The van der Waals surface area contributed by atoms with E-state index in [1.807, 2.05) is 12.1 Å². The standard InChI is InChI=1S/C13H20ClN3O2/c1-18-8-6-17(7-9-19-2)11-5-3-4-10(14)12(11)13(15)16/h3-5H,6-9H2,1-2H3,(H3,15,16). The molecule has 0 aliphatic heterocycles. The first-order valence-electron chi connectivity index (χ1n) is 5.97. The van der Waals surface area contributed by atoms with E-state index in [1.165, 1.54) is 0 Å². The highest BCUT2D eigenvalue weighted by molar-refractivity contribution is 6.34. The maximum atomic E-state index is 7.67. The molecule has 0 spiro atoms. The van der Waals surface area contributed by atoms with Crippen LogP contribution in [0.3, 0.4) is 0 Å². The van der Waals surface area contributed by atoms with Gasteiger partial charge in [-0.05, 0) is 12.1 Å². The van der Waals surface area contributed by atoms with E-state index < -0.39 is 0 Å². The highest BCUT2D eigenvalue weighted by Crippen LogP contribution is 2.27. The minimum absolute atomic E-state index is 0.0413. The van der Waals surface area contributed by atoms with Crippen LogP contribution in [0, 0.1) is 5.41 Å². The van der Waals surface area contributed by atoms with E-state index in [0.29, 0.717) is 36.9 Å². The van der Waals surface area contributed by atoms with Gasteiger partial charge < -0.3 is 20.1 Å². The lowest BCUT2D eigenvalue weighted by molar-refractivity contribution is 0.190. The lowest BCUT2D eigenvalue weighted by Gasteiger charge is -2.26. The van der Waals surface area contributed by atoms with Gasteiger partial charge in [-0.1, -0.05) is 17.7 Å². The average Bonchev–Trinajstić information content (AvgIpc) is 2.38. The second-order valence-corrected chi connectivity index (χ2v) is 4.43. The van der Waals surface area contributed by atoms with Gasteiger partial charge in [0.1, 0.15) is 5.84 Å². The van der Waals surface area contributed by atoms with Gasteiger partial charge in [0, 0.05) is 33.0 Å². The van der Waals surface area contributed by atoms with Crippen LogP contribution in [0.1, 0.15) is 5.56 Å². The van der Waals surface area contributed by atoms with E-state index in [4.69, 9.17) is 32.2 Å². The summed E-state index contributed by atoms with van der Waals surface area (Å²) >= 11 is 6.13. The van der Waals surface area contributed by atoms with Crippen LogP contribution in [0.2, 0.25) is 5.02 Å². The number of anilines is 1. The number of hydrogen-bond acceptors (Lipinski definition) is 4. The first kappa shape index (κ1) is 15.8. The van der Waals surface area contributed by atoms with Gasteiger partial charge in [0.2, 0.25) is 0 Å². The first-order valence-corrected chi connectivity index (χ1v) is 6.35. The van der Waals surface area contributed by atoms with Crippen molar-refractivity contribution in [3.63, 3.8) is 0 Å². The molecule has 0 unspecified atom stereocenters. The summed E-state index contributed by atoms with van der Waals surface area (Å²) in [6, 6.07) is 5.47. The van der Waals surface area contributed by atoms with E-state index in [9.17, 15) is 0 Å². The SMILES string of the molecule is COCCN(CCOC)c1cccc(Cl)c1C(=N)N. The lowest BCUT2D eigenvalue weighted by atomic mass is 10.1. The van der Waals surface area contributed by atoms with Gasteiger partial charge in [-0.2, -0.15) is 0 Å². The third-order valence-electron chi connectivity index (χ3n) is 2.73. The monoisotopic (exact) mass is 285 g/mol. The van der Waals surface area contributed by atoms with Gasteiger partial charge in [0.15, 0.2) is 0 Å². The van der Waals surface area contributed by atoms with Crippen molar-refractivity contribution in [2.24, 2.45) is 5.73 Å². The van der Waals surface area contributed by atoms with Crippen LogP contribution in [0.15, 0.2) is 18.2 Å². The predicted octanol–water partition coefficient (Wildman–Crippen LogP) is 1.72. The minimum atomic E-state index is -0.0413. The molecule has 0 fully saturated rings. The molecule has 1 aromatic carbocycles. The predicted molar refractivity (Wildman–Crippen MR) is 78.4 cm³/mol. The number of hydrogen-bond donors (Lipinski definition) is 2. The van der Waals surface area contributed by atoms with Crippen molar-refractivity contribution in [2.45, 2.75) is 0 Å². The molecule has 106 valence electrons. The van der Waals surface area contributed by atoms with E-state index >= 15 is 0 Å². The maximum absolute atomic E-state index is 7.67. The van der Waals surface area contributed by atoms with E-state index in [1.54, 1.807) is 20.3 Å². The van der Waals surface area contributed by atoms with Gasteiger partial charge in [0.05, 0.1) is 23.8 Å². The molecule has 0 atom stereocenters. The van der Waals surface area contributed by atoms with Crippen LogP contribution in [0.5, 0.6) is 0 Å². The van der Waals surface area contributed by atoms with Gasteiger partial charge in [0.25, 0.3) is 0 Å². The molecule has 1 rings (SSSR count). The Morgan fingerprint density at radius 2 is 1.84 bits per heavy atom. The second kappa shape index (κ2) is 7.99. The molecule has 0 aliphatic rings. The summed E-state index contributed by atoms with van der Waals surface area (Å²) in [6.45, 7) is 2.52. The molecule has 0 aromatic heterocycles. The Morgan fingerprint density at radius 1 is 1.26 bits per heavy atom. The number of nitrogen functional groups attached to an aromatic ring is 1. The topological polar surface area (TPSA) is 71.6 Å². The fraction of sp³-hybridized carbons (Fsp3) is 0.462. The van der Waals surface area contributed by atoms with E-state index in [-0.39, 0.29) is 5.84 Å². The van der Waals surface area contributed by atoms with Crippen molar-refractivity contribution < 1.29 is 9.47 Å². The Morgan fingerprint density at radius 3 is 2.32 bits per heavy atom. The molecule has 6 heteroatoms. The van der Waals surface area contributed by atoms with Gasteiger partial charge in [-0.15, -0.1) is 0 Å². The summed E-state index contributed by atoms with van der Waals surface area (Å²) in [6.07, 6.45) is 0. The zero-order chi connectivity index (χ0) is 14.3. The summed E-state index contributed by atoms with van der Waals surface area (Å²) in [5.41, 5.74) is 7.00. The maximum Gasteiger partial charge on any atom is 0.126 e. The quantitative estimate of drug-likeness (QED) is 0.564. The number of nitrogens with one attached hydrogen (secondary N) is 1. The summed E-state index contributed by atoms with van der Waals surface area (Å²) in [4.78, 5) is 2.05. The fourth-order valence-corrected chi connectivity index (χ4v) is 2.07. The normalized spacial score (nSPS) is 10.5. The Balaban J connectivity index is 3.06. The van der Waals surface area contributed by atoms with Crippen LogP contribution < -0.4 is 10.6 Å². The number of amidine groups is 1. The molecule has 3 N–H and O–H groups in total. The zero-order valence-corrected chi connectivity index (χ0v) is 12.0. The minimum Gasteiger partial charge on any atom is -0.384 e. The molecule has 0 radical (unpaired) electrons. The number of nitrogens with zero attached hydrogens (tertiary/aromatic N) is 1. The number of halogens is 1. The molecule has 5 nitrogen and oxygen atoms in total. The summed E-state index contributed by atoms with van der Waals surface area (Å²) < 4.78 is 10.2. The molecule has 0 amide bonds. The molecular weight excluding hydrogens is 266 g/mol. The lowest BCUT2D eigenvalue weighted by Crippen LogP contribution is -2.32. The number of methoxy groups -OCH3 is 2. The van der Waals surface area contributed by atoms with Gasteiger partial charge in [-0.3, -0.25) is 5.41 Å². The van der Waals surface area contributed by atoms with E-state index in [0.717, 1.165) is 5.69 Å². The third-order valence-corrected chi connectivity index (χ3v) is 3.05. The van der Waals surface area contributed by atoms with Crippen molar-refractivity contribution in [2.75, 3.05) is 45.4 Å². The number of rotatable bonds is 8. The van der Waals surface area contributed by atoms with E-state index in [2.05, 4.69) is 4.90 Å². The van der Waals surface area contributed by atoms with Crippen molar-refractivity contribution >= 4 is 23.1 Å². The van der Waals surface area contributed by atoms with Crippen LogP contribution in [0.4, 0.5) is 5.69 Å². The molecule has 0 aliphatic carbocycles. The Labute approximate surface area is 118 Å². The van der Waals surface area contributed by atoms with Crippen molar-refractivity contribution in [1.29, 1.82) is 5.41 Å². The summed E-state index contributed by atoms with van der Waals surface area (Å²) in [7, 11) is 3.30. The third kappa shape index (κ3) is 4.38. The fourth-order valence-electron chi connectivity index (χ4n) is 1.80. The number of nitrogens with two attached hydrogens (primary N) is 1. The van der Waals surface area contributed by atoms with Crippen LogP contribution in [0.25, 0.3) is 0 Å². The summed E-state index contributed by atoms with van der Waals surface area (Å²) in [5.74, 6) is -0.0413. The first-order chi connectivity index (χ1) is 9.11. The van der Waals surface area contributed by atoms with Crippen LogP contribution in [-0.2, 0) is 9.47 Å². The van der Waals surface area contributed by atoms with Crippen LogP contribution >= 0.6 is 11.6 Å². The Kier molecular flexibility index (Phi) is 6.62.